The number of thioether (sulfide) groups is 2. The Morgan fingerprint density at radius 3 is 1.37 bits per heavy atom. The molecule has 0 aromatic carbocycles. The maximum Gasteiger partial charge on any atom is 0.320 e. The van der Waals surface area contributed by atoms with Crippen LogP contribution in [-0.4, -0.2) is 58.3 Å². The van der Waals surface area contributed by atoms with Crippen LogP contribution >= 0.6 is 23.5 Å². The molecule has 19 heavy (non-hydrogen) atoms. The predicted molar refractivity (Wildman–Crippen MR) is 77.2 cm³/mol. The van der Waals surface area contributed by atoms with E-state index in [0.29, 0.717) is 12.8 Å². The van der Waals surface area contributed by atoms with Gasteiger partial charge in [0.15, 0.2) is 0 Å². The molecule has 6 nitrogen and oxygen atoms in total. The molecule has 0 radical (unpaired) electrons. The SMILES string of the molecule is CSCC[C@H](N)C(=O)O.CSCC[C@H](N)C(=O)O.[Zn]. The van der Waals surface area contributed by atoms with Crippen molar-refractivity contribution in [2.24, 2.45) is 11.5 Å². The Morgan fingerprint density at radius 2 is 1.21 bits per heavy atom. The summed E-state index contributed by atoms with van der Waals surface area (Å²) in [5, 5.41) is 16.5. The van der Waals surface area contributed by atoms with Gasteiger partial charge in [0.05, 0.1) is 0 Å². The second-order valence-electron chi connectivity index (χ2n) is 3.45. The summed E-state index contributed by atoms with van der Waals surface area (Å²) in [6.07, 6.45) is 4.95. The normalized spacial score (nSPS) is 12.4. The molecule has 0 aliphatic heterocycles. The zero-order valence-corrected chi connectivity index (χ0v) is 16.0. The van der Waals surface area contributed by atoms with Crippen LogP contribution in [0.25, 0.3) is 0 Å². The zero-order valence-electron chi connectivity index (χ0n) is 11.4. The molecular weight excluding hydrogens is 342 g/mol. The van der Waals surface area contributed by atoms with E-state index in [1.54, 1.807) is 23.5 Å². The van der Waals surface area contributed by atoms with Crippen LogP contribution in [0.15, 0.2) is 0 Å². The molecule has 0 saturated heterocycles. The Hall–Kier alpha value is 0.183. The summed E-state index contributed by atoms with van der Waals surface area (Å²) in [4.78, 5) is 20.1. The van der Waals surface area contributed by atoms with Crippen molar-refractivity contribution in [3.63, 3.8) is 0 Å². The van der Waals surface area contributed by atoms with Crippen molar-refractivity contribution in [3.8, 4) is 0 Å². The molecule has 0 unspecified atom stereocenters. The van der Waals surface area contributed by atoms with E-state index in [2.05, 4.69) is 0 Å². The van der Waals surface area contributed by atoms with E-state index >= 15 is 0 Å². The second-order valence-corrected chi connectivity index (χ2v) is 5.42. The Labute approximate surface area is 135 Å². The monoisotopic (exact) mass is 362 g/mol. The molecule has 0 aromatic rings. The average Bonchev–Trinajstić information content (AvgIpc) is 2.33. The Kier molecular flexibility index (Phi) is 20.7. The van der Waals surface area contributed by atoms with Gasteiger partial charge >= 0.3 is 11.9 Å². The first-order valence-electron chi connectivity index (χ1n) is 5.31. The molecule has 110 valence electrons. The molecule has 0 aliphatic carbocycles. The van der Waals surface area contributed by atoms with E-state index in [-0.39, 0.29) is 19.5 Å². The quantitative estimate of drug-likeness (QED) is 0.453. The fourth-order valence-corrected chi connectivity index (χ4v) is 1.72. The third-order valence-corrected chi connectivity index (χ3v) is 3.19. The fraction of sp³-hybridized carbons (Fsp3) is 0.800. The molecule has 0 saturated carbocycles. The molecule has 0 spiro atoms. The van der Waals surface area contributed by atoms with Crippen molar-refractivity contribution >= 4 is 35.5 Å². The first-order valence-corrected chi connectivity index (χ1v) is 8.10. The van der Waals surface area contributed by atoms with Gasteiger partial charge in [0.25, 0.3) is 0 Å². The molecule has 0 fully saturated rings. The van der Waals surface area contributed by atoms with Gasteiger partial charge in [0.1, 0.15) is 12.1 Å². The van der Waals surface area contributed by atoms with Crippen LogP contribution < -0.4 is 11.5 Å². The van der Waals surface area contributed by atoms with E-state index in [9.17, 15) is 9.59 Å². The smallest absolute Gasteiger partial charge is 0.320 e. The van der Waals surface area contributed by atoms with Gasteiger partial charge in [0.2, 0.25) is 0 Å². The van der Waals surface area contributed by atoms with Gasteiger partial charge in [-0.15, -0.1) is 0 Å². The molecular formula is C10H22N2O4S2Zn. The van der Waals surface area contributed by atoms with Crippen molar-refractivity contribution in [3.05, 3.63) is 0 Å². The summed E-state index contributed by atoms with van der Waals surface area (Å²) in [5.74, 6) is -0.200. The minimum Gasteiger partial charge on any atom is -0.480 e. The van der Waals surface area contributed by atoms with Crippen molar-refractivity contribution < 1.29 is 39.3 Å². The van der Waals surface area contributed by atoms with Crippen LogP contribution in [0.2, 0.25) is 0 Å². The second kappa shape index (κ2) is 16.2. The molecule has 2 atom stereocenters. The summed E-state index contributed by atoms with van der Waals surface area (Å²) in [6.45, 7) is 0. The molecule has 0 heterocycles. The number of hydrogen-bond acceptors (Lipinski definition) is 6. The molecule has 6 N–H and O–H groups in total. The van der Waals surface area contributed by atoms with Crippen LogP contribution in [0.1, 0.15) is 12.8 Å². The van der Waals surface area contributed by atoms with Gasteiger partial charge in [-0.05, 0) is 36.9 Å². The topological polar surface area (TPSA) is 127 Å². The first-order chi connectivity index (χ1) is 8.36. The number of carboxylic acid groups (broad SMARTS) is 2. The van der Waals surface area contributed by atoms with Gasteiger partial charge in [-0.3, -0.25) is 9.59 Å². The number of nitrogens with two attached hydrogens (primary N) is 2. The molecule has 0 aromatic heterocycles. The standard InChI is InChI=1S/2C5H11NO2S.Zn/c2*1-9-3-2-4(6)5(7)8;/h2*4H,2-3,6H2,1H3,(H,7,8);/t2*4-;/m00./s1. The number of carbonyl (C=O) groups is 2. The number of hydrogen-bond donors (Lipinski definition) is 4. The molecule has 9 heteroatoms. The summed E-state index contributed by atoms with van der Waals surface area (Å²) >= 11 is 3.21. The van der Waals surface area contributed by atoms with Gasteiger partial charge in [-0.1, -0.05) is 0 Å². The van der Waals surface area contributed by atoms with Crippen LogP contribution in [0.4, 0.5) is 0 Å². The van der Waals surface area contributed by atoms with E-state index < -0.39 is 24.0 Å². The number of carboxylic acids is 2. The molecule has 0 bridgehead atoms. The third-order valence-electron chi connectivity index (χ3n) is 1.90. The van der Waals surface area contributed by atoms with Gasteiger partial charge < -0.3 is 21.7 Å². The van der Waals surface area contributed by atoms with E-state index in [1.807, 2.05) is 12.5 Å². The predicted octanol–water partition coefficient (Wildman–Crippen LogP) is 0.300. The van der Waals surface area contributed by atoms with Crippen molar-refractivity contribution in [2.75, 3.05) is 24.0 Å². The maximum atomic E-state index is 10.1. The summed E-state index contributed by atoms with van der Waals surface area (Å²) in [6, 6.07) is -1.37. The van der Waals surface area contributed by atoms with E-state index in [4.69, 9.17) is 21.7 Å². The van der Waals surface area contributed by atoms with E-state index in [1.165, 1.54) is 0 Å². The molecule has 0 rings (SSSR count). The Morgan fingerprint density at radius 1 is 0.947 bits per heavy atom. The fourth-order valence-electron chi connectivity index (χ4n) is 0.737. The Balaban J connectivity index is -0.000000256. The third kappa shape index (κ3) is 18.2. The van der Waals surface area contributed by atoms with Crippen molar-refractivity contribution in [2.45, 2.75) is 24.9 Å². The summed E-state index contributed by atoms with van der Waals surface area (Å²) < 4.78 is 0. The van der Waals surface area contributed by atoms with Gasteiger partial charge in [-0.2, -0.15) is 23.5 Å². The minimum atomic E-state index is -0.913. The number of aliphatic carboxylic acids is 2. The van der Waals surface area contributed by atoms with E-state index in [0.717, 1.165) is 11.5 Å². The van der Waals surface area contributed by atoms with Crippen LogP contribution in [-0.2, 0) is 29.1 Å². The minimum absolute atomic E-state index is 0. The number of rotatable bonds is 8. The van der Waals surface area contributed by atoms with Gasteiger partial charge in [-0.25, -0.2) is 0 Å². The summed E-state index contributed by atoms with van der Waals surface area (Å²) in [7, 11) is 0. The van der Waals surface area contributed by atoms with Crippen LogP contribution in [0, 0.1) is 0 Å². The van der Waals surface area contributed by atoms with Crippen molar-refractivity contribution in [1.82, 2.24) is 0 Å². The largest absolute Gasteiger partial charge is 0.480 e. The molecule has 0 amide bonds. The molecule has 0 aliphatic rings. The Bertz CT molecular complexity index is 224. The van der Waals surface area contributed by atoms with Crippen LogP contribution in [0.5, 0.6) is 0 Å². The average molecular weight is 364 g/mol. The zero-order chi connectivity index (χ0) is 14.6. The van der Waals surface area contributed by atoms with Gasteiger partial charge in [0, 0.05) is 19.5 Å². The van der Waals surface area contributed by atoms with Crippen molar-refractivity contribution in [1.29, 1.82) is 0 Å². The maximum absolute atomic E-state index is 10.1. The summed E-state index contributed by atoms with van der Waals surface area (Å²) in [5.41, 5.74) is 10.4. The van der Waals surface area contributed by atoms with Crippen LogP contribution in [0.3, 0.4) is 0 Å². The first kappa shape index (κ1) is 24.2.